The van der Waals surface area contributed by atoms with Crippen LogP contribution < -0.4 is 5.32 Å². The minimum Gasteiger partial charge on any atom is -0.420 e. The first-order chi connectivity index (χ1) is 17.0. The van der Waals surface area contributed by atoms with Gasteiger partial charge in [-0.1, -0.05) is 17.7 Å². The molecule has 0 saturated heterocycles. The summed E-state index contributed by atoms with van der Waals surface area (Å²) in [6.07, 6.45) is 10.1. The molecule has 9 nitrogen and oxygen atoms in total. The first-order valence-corrected chi connectivity index (χ1v) is 11.8. The van der Waals surface area contributed by atoms with E-state index >= 15 is 0 Å². The number of carbonyl (C=O) groups is 1. The zero-order valence-electron chi connectivity index (χ0n) is 19.0. The third kappa shape index (κ3) is 4.42. The predicted octanol–water partition coefficient (Wildman–Crippen LogP) is 4.40. The standard InChI is InChI=1S/C25H22ClN7O2/c1-33-13-18(11-30-33)17-6-19-20(12-28-23(19)27-10-17)25-32-31-22(35-25)8-15-4-5-16(7-21(15)26)24(34)29-9-14-2-3-14/h4-7,10-14H,2-3,8-9H2,1H3,(H,27,28)(H,29,34). The van der Waals surface area contributed by atoms with Gasteiger partial charge in [-0.25, -0.2) is 4.98 Å². The molecule has 1 saturated carbocycles. The highest BCUT2D eigenvalue weighted by Crippen LogP contribution is 2.31. The lowest BCUT2D eigenvalue weighted by Gasteiger charge is -2.07. The van der Waals surface area contributed by atoms with Gasteiger partial charge in [0.1, 0.15) is 5.65 Å². The molecule has 0 radical (unpaired) electrons. The van der Waals surface area contributed by atoms with Gasteiger partial charge < -0.3 is 14.7 Å². The van der Waals surface area contributed by atoms with E-state index in [0.717, 1.165) is 39.8 Å². The number of rotatable bonds is 7. The topological polar surface area (TPSA) is 115 Å². The van der Waals surface area contributed by atoms with Crippen LogP contribution in [0.3, 0.4) is 0 Å². The molecule has 0 aliphatic heterocycles. The second-order valence-corrected chi connectivity index (χ2v) is 9.27. The first kappa shape index (κ1) is 21.5. The van der Waals surface area contributed by atoms with Gasteiger partial charge >= 0.3 is 0 Å². The molecule has 176 valence electrons. The van der Waals surface area contributed by atoms with E-state index in [0.29, 0.717) is 34.7 Å². The second-order valence-electron chi connectivity index (χ2n) is 8.86. The van der Waals surface area contributed by atoms with Crippen LogP contribution in [0.2, 0.25) is 5.02 Å². The van der Waals surface area contributed by atoms with Crippen molar-refractivity contribution in [3.63, 3.8) is 0 Å². The van der Waals surface area contributed by atoms with E-state index in [-0.39, 0.29) is 5.91 Å². The summed E-state index contributed by atoms with van der Waals surface area (Å²) in [5.74, 6) is 1.33. The van der Waals surface area contributed by atoms with Crippen LogP contribution in [0.15, 0.2) is 53.5 Å². The quantitative estimate of drug-likeness (QED) is 0.351. The Labute approximate surface area is 205 Å². The molecule has 10 heteroatoms. The lowest BCUT2D eigenvalue weighted by atomic mass is 10.1. The van der Waals surface area contributed by atoms with Gasteiger partial charge in [0.05, 0.1) is 18.2 Å². The van der Waals surface area contributed by atoms with E-state index in [9.17, 15) is 4.79 Å². The number of benzene rings is 1. The monoisotopic (exact) mass is 487 g/mol. The Morgan fingerprint density at radius 2 is 2.11 bits per heavy atom. The van der Waals surface area contributed by atoms with Crippen LogP contribution in [-0.4, -0.2) is 42.4 Å². The Balaban J connectivity index is 1.22. The molecule has 1 amide bonds. The van der Waals surface area contributed by atoms with Gasteiger partial charge in [-0.05, 0) is 42.5 Å². The molecule has 4 aromatic heterocycles. The first-order valence-electron chi connectivity index (χ1n) is 11.4. The number of aromatic amines is 1. The van der Waals surface area contributed by atoms with Crippen molar-refractivity contribution < 1.29 is 9.21 Å². The number of nitrogens with one attached hydrogen (secondary N) is 2. The molecule has 1 aliphatic carbocycles. The molecular weight excluding hydrogens is 466 g/mol. The van der Waals surface area contributed by atoms with E-state index in [1.807, 2.05) is 31.6 Å². The van der Waals surface area contributed by atoms with Crippen LogP contribution in [0.1, 0.15) is 34.7 Å². The Hall–Kier alpha value is -3.98. The fourth-order valence-electron chi connectivity index (χ4n) is 4.00. The summed E-state index contributed by atoms with van der Waals surface area (Å²) in [5, 5.41) is 17.0. The molecule has 1 fully saturated rings. The largest absolute Gasteiger partial charge is 0.420 e. The van der Waals surface area contributed by atoms with Gasteiger partial charge in [0.2, 0.25) is 11.8 Å². The lowest BCUT2D eigenvalue weighted by Crippen LogP contribution is -2.25. The summed E-state index contributed by atoms with van der Waals surface area (Å²) in [4.78, 5) is 20.0. The Bertz CT molecular complexity index is 1550. The van der Waals surface area contributed by atoms with Crippen molar-refractivity contribution >= 4 is 28.5 Å². The summed E-state index contributed by atoms with van der Waals surface area (Å²) in [6, 6.07) is 7.31. The van der Waals surface area contributed by atoms with E-state index in [1.54, 1.807) is 29.2 Å². The van der Waals surface area contributed by atoms with Crippen molar-refractivity contribution in [2.75, 3.05) is 6.54 Å². The summed E-state index contributed by atoms with van der Waals surface area (Å²) < 4.78 is 7.72. The summed E-state index contributed by atoms with van der Waals surface area (Å²) >= 11 is 6.47. The molecule has 0 bridgehead atoms. The Morgan fingerprint density at radius 3 is 2.89 bits per heavy atom. The second kappa shape index (κ2) is 8.66. The Kier molecular flexibility index (Phi) is 5.33. The molecule has 0 unspecified atom stereocenters. The number of hydrogen-bond acceptors (Lipinski definition) is 6. The number of hydrogen-bond donors (Lipinski definition) is 2. The van der Waals surface area contributed by atoms with E-state index in [1.165, 1.54) is 12.8 Å². The molecule has 0 spiro atoms. The maximum Gasteiger partial charge on any atom is 0.251 e. The highest BCUT2D eigenvalue weighted by Gasteiger charge is 2.22. The van der Waals surface area contributed by atoms with Crippen molar-refractivity contribution in [3.8, 4) is 22.6 Å². The number of aromatic nitrogens is 6. The third-order valence-electron chi connectivity index (χ3n) is 6.17. The van der Waals surface area contributed by atoms with Crippen molar-refractivity contribution in [2.24, 2.45) is 13.0 Å². The smallest absolute Gasteiger partial charge is 0.251 e. The number of amides is 1. The van der Waals surface area contributed by atoms with Crippen LogP contribution in [0.5, 0.6) is 0 Å². The molecule has 0 atom stereocenters. The third-order valence-corrected chi connectivity index (χ3v) is 6.52. The van der Waals surface area contributed by atoms with Crippen molar-refractivity contribution in [2.45, 2.75) is 19.3 Å². The lowest BCUT2D eigenvalue weighted by molar-refractivity contribution is 0.0952. The highest BCUT2D eigenvalue weighted by atomic mass is 35.5. The number of nitrogens with zero attached hydrogens (tertiary/aromatic N) is 5. The SMILES string of the molecule is Cn1cc(-c2cnc3[nH]cc(-c4nnc(Cc5ccc(C(=O)NCC6CC6)cc5Cl)o4)c3c2)cn1. The molecule has 35 heavy (non-hydrogen) atoms. The predicted molar refractivity (Wildman–Crippen MR) is 131 cm³/mol. The fourth-order valence-corrected chi connectivity index (χ4v) is 4.25. The molecular formula is C25H22ClN7O2. The Morgan fingerprint density at radius 1 is 1.23 bits per heavy atom. The van der Waals surface area contributed by atoms with Gasteiger partial charge in [0, 0.05) is 59.3 Å². The molecule has 5 aromatic rings. The van der Waals surface area contributed by atoms with Crippen molar-refractivity contribution in [1.29, 1.82) is 0 Å². The fraction of sp³-hybridized carbons (Fsp3) is 0.240. The number of halogens is 1. The molecule has 1 aromatic carbocycles. The zero-order valence-corrected chi connectivity index (χ0v) is 19.7. The number of aryl methyl sites for hydroxylation is 1. The van der Waals surface area contributed by atoms with Gasteiger partial charge in [-0.2, -0.15) is 5.10 Å². The molecule has 4 heterocycles. The van der Waals surface area contributed by atoms with Crippen LogP contribution in [0, 0.1) is 5.92 Å². The van der Waals surface area contributed by atoms with Crippen molar-refractivity contribution in [1.82, 2.24) is 35.3 Å². The maximum atomic E-state index is 12.3. The highest BCUT2D eigenvalue weighted by molar-refractivity contribution is 6.31. The van der Waals surface area contributed by atoms with E-state index in [2.05, 4.69) is 30.6 Å². The van der Waals surface area contributed by atoms with Crippen LogP contribution >= 0.6 is 11.6 Å². The van der Waals surface area contributed by atoms with Crippen LogP contribution in [-0.2, 0) is 13.5 Å². The molecule has 6 rings (SSSR count). The molecule has 2 N–H and O–H groups in total. The zero-order chi connectivity index (χ0) is 23.9. The number of fused-ring (bicyclic) bond motifs is 1. The number of H-pyrrole nitrogens is 1. The summed E-state index contributed by atoms with van der Waals surface area (Å²) in [5.41, 5.74) is 4.76. The minimum absolute atomic E-state index is 0.107. The van der Waals surface area contributed by atoms with Gasteiger partial charge in [0.25, 0.3) is 5.91 Å². The minimum atomic E-state index is -0.107. The van der Waals surface area contributed by atoms with Crippen LogP contribution in [0.25, 0.3) is 33.6 Å². The van der Waals surface area contributed by atoms with Crippen molar-refractivity contribution in [3.05, 3.63) is 71.1 Å². The van der Waals surface area contributed by atoms with Crippen LogP contribution in [0.4, 0.5) is 0 Å². The van der Waals surface area contributed by atoms with E-state index in [4.69, 9.17) is 16.0 Å². The maximum absolute atomic E-state index is 12.3. The number of carbonyl (C=O) groups excluding carboxylic acids is 1. The summed E-state index contributed by atoms with van der Waals surface area (Å²) in [7, 11) is 1.88. The average Bonchev–Trinajstić information content (AvgIpc) is 3.20. The average molecular weight is 488 g/mol. The van der Waals surface area contributed by atoms with Gasteiger partial charge in [-0.3, -0.25) is 9.48 Å². The number of pyridine rings is 1. The van der Waals surface area contributed by atoms with E-state index < -0.39 is 0 Å². The normalized spacial score (nSPS) is 13.4. The van der Waals surface area contributed by atoms with Gasteiger partial charge in [0.15, 0.2) is 0 Å². The summed E-state index contributed by atoms with van der Waals surface area (Å²) in [6.45, 7) is 0.718. The molecule has 1 aliphatic rings. The van der Waals surface area contributed by atoms with Gasteiger partial charge in [-0.15, -0.1) is 10.2 Å².